The molecule has 0 N–H and O–H groups in total. The zero-order valence-electron chi connectivity index (χ0n) is 18.8. The lowest BCUT2D eigenvalue weighted by Crippen LogP contribution is -2.44. The van der Waals surface area contributed by atoms with Gasteiger partial charge in [-0.15, -0.1) is 0 Å². The third kappa shape index (κ3) is 5.66. The molecule has 168 valence electrons. The number of carbonyl (C=O) groups is 1. The molecule has 0 aromatic heterocycles. The number of benzene rings is 2. The maximum atomic E-state index is 13.0. The van der Waals surface area contributed by atoms with Gasteiger partial charge in [0.25, 0.3) is 0 Å². The van der Waals surface area contributed by atoms with Crippen LogP contribution in [0.5, 0.6) is 5.75 Å². The third-order valence-electron chi connectivity index (χ3n) is 5.84. The molecule has 1 aliphatic rings. The molecule has 0 saturated carbocycles. The summed E-state index contributed by atoms with van der Waals surface area (Å²) in [5.74, 6) is 0.683. The van der Waals surface area contributed by atoms with Crippen LogP contribution in [0.4, 0.5) is 0 Å². The number of carbonyl (C=O) groups excluding carboxylic acids is 1. The zero-order chi connectivity index (χ0) is 22.6. The van der Waals surface area contributed by atoms with E-state index in [4.69, 9.17) is 4.74 Å². The fraction of sp³-hybridized carbons (Fsp3) is 0.458. The minimum absolute atomic E-state index is 0.0519. The summed E-state index contributed by atoms with van der Waals surface area (Å²) in [7, 11) is -1.76. The first kappa shape index (κ1) is 23.3. The highest BCUT2D eigenvalue weighted by Gasteiger charge is 2.33. The van der Waals surface area contributed by atoms with Crippen molar-refractivity contribution in [3.63, 3.8) is 0 Å². The predicted octanol–water partition coefficient (Wildman–Crippen LogP) is 3.55. The van der Waals surface area contributed by atoms with E-state index in [-0.39, 0.29) is 11.8 Å². The number of nitrogens with zero attached hydrogens (tertiary/aromatic N) is 2. The predicted molar refractivity (Wildman–Crippen MR) is 122 cm³/mol. The number of amides is 1. The van der Waals surface area contributed by atoms with Crippen molar-refractivity contribution in [3.05, 3.63) is 59.2 Å². The number of hydrogen-bond donors (Lipinski definition) is 0. The van der Waals surface area contributed by atoms with Crippen molar-refractivity contribution in [1.82, 2.24) is 9.21 Å². The lowest BCUT2D eigenvalue weighted by Gasteiger charge is -2.32. The van der Waals surface area contributed by atoms with Crippen LogP contribution < -0.4 is 4.74 Å². The molecule has 1 saturated heterocycles. The summed E-state index contributed by atoms with van der Waals surface area (Å²) in [5.41, 5.74) is 2.97. The van der Waals surface area contributed by atoms with E-state index >= 15 is 0 Å². The van der Waals surface area contributed by atoms with Crippen LogP contribution >= 0.6 is 0 Å². The molecule has 3 rings (SSSR count). The van der Waals surface area contributed by atoms with Gasteiger partial charge in [-0.2, -0.15) is 4.31 Å². The van der Waals surface area contributed by atoms with Crippen LogP contribution in [-0.4, -0.2) is 56.8 Å². The average Bonchev–Trinajstić information content (AvgIpc) is 2.74. The molecule has 0 bridgehead atoms. The van der Waals surface area contributed by atoms with Crippen molar-refractivity contribution in [2.45, 2.75) is 38.5 Å². The minimum atomic E-state index is -3.54. The van der Waals surface area contributed by atoms with Crippen LogP contribution in [0.25, 0.3) is 0 Å². The summed E-state index contributed by atoms with van der Waals surface area (Å²) in [6.07, 6.45) is 1.07. The van der Waals surface area contributed by atoms with Gasteiger partial charge in [0.1, 0.15) is 12.4 Å². The van der Waals surface area contributed by atoms with Gasteiger partial charge in [-0.25, -0.2) is 8.42 Å². The molecular weight excluding hydrogens is 412 g/mol. The summed E-state index contributed by atoms with van der Waals surface area (Å²) in [5, 5.41) is 0. The van der Waals surface area contributed by atoms with E-state index in [0.29, 0.717) is 44.0 Å². The van der Waals surface area contributed by atoms with Gasteiger partial charge in [-0.1, -0.05) is 35.4 Å². The van der Waals surface area contributed by atoms with Gasteiger partial charge >= 0.3 is 0 Å². The van der Waals surface area contributed by atoms with Crippen LogP contribution in [0.2, 0.25) is 0 Å². The Kier molecular flexibility index (Phi) is 7.38. The average molecular weight is 445 g/mol. The number of aryl methyl sites for hydroxylation is 3. The van der Waals surface area contributed by atoms with Crippen molar-refractivity contribution in [2.24, 2.45) is 5.92 Å². The largest absolute Gasteiger partial charge is 0.492 e. The second-order valence-electron chi connectivity index (χ2n) is 8.37. The number of rotatable bonds is 7. The SMILES string of the molecule is Cc1ccc(OCCN(C)C(=O)C2CCN(S(=O)(=O)c3ccc(C)cc3C)CC2)cc1. The zero-order valence-corrected chi connectivity index (χ0v) is 19.6. The molecule has 31 heavy (non-hydrogen) atoms. The van der Waals surface area contributed by atoms with Crippen molar-refractivity contribution in [3.8, 4) is 5.75 Å². The normalized spacial score (nSPS) is 15.6. The van der Waals surface area contributed by atoms with Gasteiger partial charge in [-0.05, 0) is 57.4 Å². The first-order valence-corrected chi connectivity index (χ1v) is 12.1. The van der Waals surface area contributed by atoms with Crippen molar-refractivity contribution >= 4 is 15.9 Å². The van der Waals surface area contributed by atoms with Gasteiger partial charge < -0.3 is 9.64 Å². The fourth-order valence-corrected chi connectivity index (χ4v) is 5.60. The van der Waals surface area contributed by atoms with Gasteiger partial charge in [0.15, 0.2) is 0 Å². The molecule has 0 spiro atoms. The summed E-state index contributed by atoms with van der Waals surface area (Å²) in [4.78, 5) is 14.8. The molecule has 2 aromatic rings. The number of likely N-dealkylation sites (N-methyl/N-ethyl adjacent to an activating group) is 1. The van der Waals surface area contributed by atoms with Crippen molar-refractivity contribution < 1.29 is 17.9 Å². The quantitative estimate of drug-likeness (QED) is 0.655. The van der Waals surface area contributed by atoms with E-state index in [2.05, 4.69) is 0 Å². The van der Waals surface area contributed by atoms with Crippen LogP contribution in [-0.2, 0) is 14.8 Å². The second kappa shape index (κ2) is 9.83. The van der Waals surface area contributed by atoms with Crippen LogP contribution in [0.15, 0.2) is 47.4 Å². The molecule has 6 nitrogen and oxygen atoms in total. The fourth-order valence-electron chi connectivity index (χ4n) is 3.93. The molecule has 2 aromatic carbocycles. The number of sulfonamides is 1. The van der Waals surface area contributed by atoms with Gasteiger partial charge in [0.2, 0.25) is 15.9 Å². The maximum absolute atomic E-state index is 13.0. The van der Waals surface area contributed by atoms with E-state index in [1.165, 1.54) is 9.87 Å². The lowest BCUT2D eigenvalue weighted by molar-refractivity contribution is -0.135. The number of piperidine rings is 1. The summed E-state index contributed by atoms with van der Waals surface area (Å²) >= 11 is 0. The minimum Gasteiger partial charge on any atom is -0.492 e. The first-order valence-electron chi connectivity index (χ1n) is 10.7. The van der Waals surface area contributed by atoms with E-state index in [1.807, 2.05) is 57.2 Å². The van der Waals surface area contributed by atoms with Crippen molar-refractivity contribution in [1.29, 1.82) is 0 Å². The second-order valence-corrected chi connectivity index (χ2v) is 10.3. The van der Waals surface area contributed by atoms with Gasteiger partial charge in [0, 0.05) is 26.1 Å². The van der Waals surface area contributed by atoms with Crippen LogP contribution in [0, 0.1) is 26.7 Å². The summed E-state index contributed by atoms with van der Waals surface area (Å²) < 4.78 is 33.3. The van der Waals surface area contributed by atoms with Gasteiger partial charge in [0.05, 0.1) is 11.4 Å². The van der Waals surface area contributed by atoms with Crippen LogP contribution in [0.3, 0.4) is 0 Å². The van der Waals surface area contributed by atoms with E-state index in [9.17, 15) is 13.2 Å². The highest BCUT2D eigenvalue weighted by Crippen LogP contribution is 2.27. The Labute approximate surface area is 185 Å². The van der Waals surface area contributed by atoms with E-state index < -0.39 is 10.0 Å². The molecule has 0 aliphatic carbocycles. The third-order valence-corrected chi connectivity index (χ3v) is 7.90. The molecule has 7 heteroatoms. The lowest BCUT2D eigenvalue weighted by atomic mass is 9.97. The number of ether oxygens (including phenoxy) is 1. The van der Waals surface area contributed by atoms with E-state index in [0.717, 1.165) is 16.9 Å². The molecule has 1 amide bonds. The highest BCUT2D eigenvalue weighted by molar-refractivity contribution is 7.89. The van der Waals surface area contributed by atoms with Crippen LogP contribution in [0.1, 0.15) is 29.5 Å². The molecule has 0 atom stereocenters. The Morgan fingerprint density at radius 1 is 1.03 bits per heavy atom. The Balaban J connectivity index is 1.51. The molecule has 0 unspecified atom stereocenters. The smallest absolute Gasteiger partial charge is 0.243 e. The Morgan fingerprint density at radius 2 is 1.65 bits per heavy atom. The monoisotopic (exact) mass is 444 g/mol. The highest BCUT2D eigenvalue weighted by atomic mass is 32.2. The topological polar surface area (TPSA) is 66.9 Å². The van der Waals surface area contributed by atoms with Gasteiger partial charge in [-0.3, -0.25) is 4.79 Å². The molecule has 0 radical (unpaired) electrons. The molecule has 1 aliphatic heterocycles. The Bertz CT molecular complexity index is 1010. The summed E-state index contributed by atoms with van der Waals surface area (Å²) in [6.45, 7) is 7.43. The molecular formula is C24H32N2O4S. The standard InChI is InChI=1S/C24H32N2O4S/c1-18-5-8-22(9-6-18)30-16-15-25(4)24(27)21-11-13-26(14-12-21)31(28,29)23-10-7-19(2)17-20(23)3/h5-10,17,21H,11-16H2,1-4H3. The maximum Gasteiger partial charge on any atom is 0.243 e. The van der Waals surface area contributed by atoms with E-state index in [1.54, 1.807) is 18.0 Å². The Hall–Kier alpha value is -2.38. The molecule has 1 fully saturated rings. The Morgan fingerprint density at radius 3 is 2.26 bits per heavy atom. The summed E-state index contributed by atoms with van der Waals surface area (Å²) in [6, 6.07) is 13.2. The number of hydrogen-bond acceptors (Lipinski definition) is 4. The van der Waals surface area contributed by atoms with Crippen molar-refractivity contribution in [2.75, 3.05) is 33.3 Å². The first-order chi connectivity index (χ1) is 14.7. The molecule has 1 heterocycles.